The van der Waals surface area contributed by atoms with E-state index in [0.29, 0.717) is 5.82 Å². The van der Waals surface area contributed by atoms with Gasteiger partial charge in [0, 0.05) is 23.8 Å². The van der Waals surface area contributed by atoms with Crippen molar-refractivity contribution in [2.75, 3.05) is 0 Å². The fraction of sp³-hybridized carbons (Fsp3) is 0.444. The van der Waals surface area contributed by atoms with Crippen LogP contribution in [0.25, 0.3) is 0 Å². The predicted octanol–water partition coefficient (Wildman–Crippen LogP) is 3.59. The first-order valence-corrected chi connectivity index (χ1v) is 9.10. The SMILES string of the molecule is CC(C)(C)[S@+]([O-])NC(CCCc1ccccc1)c1ncccn1. The molecule has 0 aliphatic heterocycles. The van der Waals surface area contributed by atoms with Gasteiger partial charge >= 0.3 is 0 Å². The fourth-order valence-corrected chi connectivity index (χ4v) is 3.03. The fourth-order valence-electron chi connectivity index (χ4n) is 2.19. The van der Waals surface area contributed by atoms with Crippen LogP contribution in [-0.4, -0.2) is 19.3 Å². The van der Waals surface area contributed by atoms with E-state index in [1.54, 1.807) is 18.5 Å². The molecular weight excluding hydrogens is 306 g/mol. The maximum atomic E-state index is 12.4. The van der Waals surface area contributed by atoms with Crippen molar-refractivity contribution in [1.29, 1.82) is 0 Å². The molecule has 0 amide bonds. The molecule has 1 unspecified atom stereocenters. The van der Waals surface area contributed by atoms with Gasteiger partial charge in [-0.3, -0.25) is 0 Å². The molecule has 2 rings (SSSR count). The summed E-state index contributed by atoms with van der Waals surface area (Å²) in [7, 11) is 0. The monoisotopic (exact) mass is 331 g/mol. The van der Waals surface area contributed by atoms with Crippen LogP contribution in [0.5, 0.6) is 0 Å². The van der Waals surface area contributed by atoms with E-state index < -0.39 is 11.4 Å². The number of aryl methyl sites for hydroxylation is 1. The molecule has 1 aromatic heterocycles. The van der Waals surface area contributed by atoms with Crippen molar-refractivity contribution in [3.8, 4) is 0 Å². The molecule has 2 aromatic rings. The minimum Gasteiger partial charge on any atom is -0.598 e. The maximum absolute atomic E-state index is 12.4. The highest BCUT2D eigenvalue weighted by Gasteiger charge is 2.30. The summed E-state index contributed by atoms with van der Waals surface area (Å²) in [5.41, 5.74) is 1.32. The third kappa shape index (κ3) is 5.94. The summed E-state index contributed by atoms with van der Waals surface area (Å²) in [4.78, 5) is 8.66. The minimum atomic E-state index is -1.15. The Labute approximate surface area is 142 Å². The first-order chi connectivity index (χ1) is 11.0. The second-order valence-corrected chi connectivity index (χ2v) is 8.53. The van der Waals surface area contributed by atoms with Crippen molar-refractivity contribution in [2.45, 2.75) is 50.8 Å². The van der Waals surface area contributed by atoms with Gasteiger partial charge in [0.15, 0.2) is 0 Å². The number of aromatic nitrogens is 2. The van der Waals surface area contributed by atoms with Crippen molar-refractivity contribution in [3.63, 3.8) is 0 Å². The topological polar surface area (TPSA) is 60.9 Å². The molecule has 0 saturated carbocycles. The summed E-state index contributed by atoms with van der Waals surface area (Å²) < 4.78 is 15.3. The minimum absolute atomic E-state index is 0.0972. The molecule has 1 aromatic carbocycles. The number of hydrogen-bond donors (Lipinski definition) is 1. The zero-order chi connectivity index (χ0) is 16.7. The lowest BCUT2D eigenvalue weighted by atomic mass is 10.0. The van der Waals surface area contributed by atoms with Gasteiger partial charge in [-0.1, -0.05) is 30.3 Å². The van der Waals surface area contributed by atoms with E-state index in [4.69, 9.17) is 0 Å². The van der Waals surface area contributed by atoms with Gasteiger partial charge in [-0.15, -0.1) is 4.72 Å². The summed E-state index contributed by atoms with van der Waals surface area (Å²) in [5, 5.41) is 0. The van der Waals surface area contributed by atoms with Crippen LogP contribution < -0.4 is 4.72 Å². The molecule has 0 radical (unpaired) electrons. The highest BCUT2D eigenvalue weighted by Crippen LogP contribution is 2.22. The van der Waals surface area contributed by atoms with Crippen molar-refractivity contribution in [1.82, 2.24) is 14.7 Å². The predicted molar refractivity (Wildman–Crippen MR) is 95.2 cm³/mol. The summed E-state index contributed by atoms with van der Waals surface area (Å²) in [6.07, 6.45) is 6.29. The lowest BCUT2D eigenvalue weighted by molar-refractivity contribution is 0.492. The average Bonchev–Trinajstić information content (AvgIpc) is 2.54. The Balaban J connectivity index is 1.99. The zero-order valence-corrected chi connectivity index (χ0v) is 14.8. The Hall–Kier alpha value is -1.43. The van der Waals surface area contributed by atoms with E-state index in [9.17, 15) is 4.55 Å². The average molecular weight is 331 g/mol. The van der Waals surface area contributed by atoms with Gasteiger partial charge in [-0.25, -0.2) is 9.97 Å². The Morgan fingerprint density at radius 1 is 1.09 bits per heavy atom. The number of nitrogens with one attached hydrogen (secondary N) is 1. The van der Waals surface area contributed by atoms with Crippen LogP contribution >= 0.6 is 0 Å². The lowest BCUT2D eigenvalue weighted by Crippen LogP contribution is -2.41. The molecule has 0 bridgehead atoms. The molecule has 0 spiro atoms. The molecule has 1 N–H and O–H groups in total. The third-order valence-electron chi connectivity index (χ3n) is 3.50. The van der Waals surface area contributed by atoms with Gasteiger partial charge in [0.25, 0.3) is 0 Å². The first-order valence-electron chi connectivity index (χ1n) is 7.96. The van der Waals surface area contributed by atoms with Crippen LogP contribution in [0, 0.1) is 0 Å². The van der Waals surface area contributed by atoms with Gasteiger partial charge in [0.1, 0.15) is 16.6 Å². The Morgan fingerprint density at radius 3 is 2.35 bits per heavy atom. The summed E-state index contributed by atoms with van der Waals surface area (Å²) in [6, 6.07) is 12.1. The van der Waals surface area contributed by atoms with Crippen LogP contribution in [0.3, 0.4) is 0 Å². The van der Waals surface area contributed by atoms with Crippen LogP contribution in [0.4, 0.5) is 0 Å². The molecule has 2 atom stereocenters. The van der Waals surface area contributed by atoms with E-state index in [1.165, 1.54) is 5.56 Å². The van der Waals surface area contributed by atoms with E-state index in [1.807, 2.05) is 26.8 Å². The molecule has 4 nitrogen and oxygen atoms in total. The summed E-state index contributed by atoms with van der Waals surface area (Å²) in [5.74, 6) is 0.707. The molecule has 5 heteroatoms. The number of hydrogen-bond acceptors (Lipinski definition) is 4. The smallest absolute Gasteiger partial charge is 0.149 e. The zero-order valence-electron chi connectivity index (χ0n) is 14.0. The molecule has 0 fully saturated rings. The maximum Gasteiger partial charge on any atom is 0.149 e. The lowest BCUT2D eigenvalue weighted by Gasteiger charge is -2.27. The molecule has 0 aliphatic carbocycles. The quantitative estimate of drug-likeness (QED) is 0.788. The molecule has 0 saturated heterocycles. The molecule has 1 heterocycles. The van der Waals surface area contributed by atoms with Gasteiger partial charge in [-0.05, 0) is 51.7 Å². The standard InChI is InChI=1S/C18H25N3OS/c1-18(2,3)23(22)21-16(17-19-13-8-14-20-17)12-7-11-15-9-5-4-6-10-15/h4-6,8-10,13-14,16,21H,7,11-12H2,1-3H3/t16?,23-/m0/s1. The van der Waals surface area contributed by atoms with Crippen LogP contribution in [0.15, 0.2) is 48.8 Å². The molecule has 23 heavy (non-hydrogen) atoms. The van der Waals surface area contributed by atoms with Gasteiger partial charge < -0.3 is 4.55 Å². The van der Waals surface area contributed by atoms with Crippen molar-refractivity contribution >= 4 is 11.4 Å². The highest BCUT2D eigenvalue weighted by molar-refractivity contribution is 7.90. The van der Waals surface area contributed by atoms with Crippen molar-refractivity contribution in [3.05, 3.63) is 60.2 Å². The Bertz CT molecular complexity index is 572. The Morgan fingerprint density at radius 2 is 1.74 bits per heavy atom. The van der Waals surface area contributed by atoms with E-state index in [-0.39, 0.29) is 10.8 Å². The summed E-state index contributed by atoms with van der Waals surface area (Å²) >= 11 is -1.15. The third-order valence-corrected chi connectivity index (χ3v) is 5.11. The van der Waals surface area contributed by atoms with Crippen LogP contribution in [0.2, 0.25) is 0 Å². The highest BCUT2D eigenvalue weighted by atomic mass is 32.2. The second-order valence-electron chi connectivity index (χ2n) is 6.54. The van der Waals surface area contributed by atoms with E-state index in [0.717, 1.165) is 19.3 Å². The summed E-state index contributed by atoms with van der Waals surface area (Å²) in [6.45, 7) is 5.88. The van der Waals surface area contributed by atoms with Gasteiger partial charge in [0.05, 0.1) is 0 Å². The molecule has 0 aliphatic rings. The van der Waals surface area contributed by atoms with E-state index in [2.05, 4.69) is 39.0 Å². The van der Waals surface area contributed by atoms with Gasteiger partial charge in [0.2, 0.25) is 0 Å². The first kappa shape index (κ1) is 17.9. The Kier molecular flexibility index (Phi) is 6.57. The van der Waals surface area contributed by atoms with Gasteiger partial charge in [-0.2, -0.15) is 0 Å². The normalized spacial score (nSPS) is 14.4. The number of rotatable bonds is 7. The molecule has 124 valence electrons. The van der Waals surface area contributed by atoms with Crippen molar-refractivity contribution in [2.24, 2.45) is 0 Å². The van der Waals surface area contributed by atoms with Crippen LogP contribution in [-0.2, 0) is 17.8 Å². The van der Waals surface area contributed by atoms with Crippen LogP contribution in [0.1, 0.15) is 51.0 Å². The largest absolute Gasteiger partial charge is 0.598 e. The van der Waals surface area contributed by atoms with Crippen molar-refractivity contribution < 1.29 is 4.55 Å². The second kappa shape index (κ2) is 8.43. The molecular formula is C18H25N3OS. The number of benzene rings is 1. The number of nitrogens with zero attached hydrogens (tertiary/aromatic N) is 2. The van der Waals surface area contributed by atoms with E-state index >= 15 is 0 Å².